The van der Waals surface area contributed by atoms with Crippen LogP contribution in [0, 0.1) is 0 Å². The maximum atomic E-state index is 3.63. The molecule has 15 heavy (non-hydrogen) atoms. The van der Waals surface area contributed by atoms with Gasteiger partial charge in [-0.05, 0) is 36.6 Å². The molecule has 2 N–H and O–H groups in total. The molecular weight excluding hydrogens is 252 g/mol. The Morgan fingerprint density at radius 1 is 1.33 bits per heavy atom. The van der Waals surface area contributed by atoms with E-state index in [4.69, 9.17) is 0 Å². The molecule has 1 aromatic heterocycles. The van der Waals surface area contributed by atoms with Crippen molar-refractivity contribution in [2.45, 2.75) is 12.3 Å². The predicted molar refractivity (Wildman–Crippen MR) is 66.2 cm³/mol. The molecule has 0 saturated carbocycles. The van der Waals surface area contributed by atoms with Crippen molar-refractivity contribution >= 4 is 26.8 Å². The Kier molecular flexibility index (Phi) is 2.29. The molecule has 0 spiro atoms. The van der Waals surface area contributed by atoms with Crippen LogP contribution in [0.1, 0.15) is 17.9 Å². The number of fused-ring (bicyclic) bond motifs is 1. The molecule has 1 unspecified atom stereocenters. The maximum Gasteiger partial charge on any atom is 0.0468 e. The number of H-pyrrole nitrogens is 1. The highest BCUT2D eigenvalue weighted by molar-refractivity contribution is 9.10. The second-order valence-corrected chi connectivity index (χ2v) is 4.95. The number of hydrogen-bond acceptors (Lipinski definition) is 1. The minimum atomic E-state index is 0.664. The number of aromatic nitrogens is 1. The van der Waals surface area contributed by atoms with Crippen molar-refractivity contribution in [2.24, 2.45) is 0 Å². The third kappa shape index (κ3) is 1.50. The molecule has 1 atom stereocenters. The zero-order valence-corrected chi connectivity index (χ0v) is 9.97. The summed E-state index contributed by atoms with van der Waals surface area (Å²) in [4.78, 5) is 3.35. The van der Waals surface area contributed by atoms with Crippen molar-refractivity contribution in [3.63, 3.8) is 0 Å². The van der Waals surface area contributed by atoms with Crippen LogP contribution < -0.4 is 5.32 Å². The largest absolute Gasteiger partial charge is 0.361 e. The third-order valence-corrected chi connectivity index (χ3v) is 3.85. The van der Waals surface area contributed by atoms with E-state index in [1.807, 2.05) is 0 Å². The molecule has 3 rings (SSSR count). The molecule has 2 nitrogen and oxygen atoms in total. The molecule has 0 amide bonds. The van der Waals surface area contributed by atoms with E-state index in [0.29, 0.717) is 5.92 Å². The number of hydrogen-bond donors (Lipinski definition) is 2. The molecule has 1 aliphatic rings. The van der Waals surface area contributed by atoms with Gasteiger partial charge in [-0.1, -0.05) is 22.0 Å². The van der Waals surface area contributed by atoms with Gasteiger partial charge in [0.15, 0.2) is 0 Å². The third-order valence-electron chi connectivity index (χ3n) is 3.19. The number of nitrogens with one attached hydrogen (secondary N) is 2. The Morgan fingerprint density at radius 3 is 3.07 bits per heavy atom. The molecular formula is C12H13BrN2. The summed E-state index contributed by atoms with van der Waals surface area (Å²) in [6.07, 6.45) is 3.40. The van der Waals surface area contributed by atoms with E-state index >= 15 is 0 Å². The van der Waals surface area contributed by atoms with E-state index in [0.717, 1.165) is 13.1 Å². The zero-order valence-electron chi connectivity index (χ0n) is 8.39. The monoisotopic (exact) mass is 264 g/mol. The highest BCUT2D eigenvalue weighted by Gasteiger charge is 2.20. The Hall–Kier alpha value is -0.800. The van der Waals surface area contributed by atoms with Gasteiger partial charge in [-0.25, -0.2) is 0 Å². The van der Waals surface area contributed by atoms with Gasteiger partial charge < -0.3 is 10.3 Å². The first-order chi connectivity index (χ1) is 7.36. The van der Waals surface area contributed by atoms with Gasteiger partial charge in [-0.3, -0.25) is 0 Å². The van der Waals surface area contributed by atoms with Crippen molar-refractivity contribution in [1.29, 1.82) is 0 Å². The molecule has 3 heteroatoms. The Bertz CT molecular complexity index is 483. The number of benzene rings is 1. The van der Waals surface area contributed by atoms with Crippen molar-refractivity contribution in [2.75, 3.05) is 13.1 Å². The smallest absolute Gasteiger partial charge is 0.0468 e. The maximum absolute atomic E-state index is 3.63. The summed E-state index contributed by atoms with van der Waals surface area (Å²) in [6.45, 7) is 2.25. The van der Waals surface area contributed by atoms with Gasteiger partial charge in [0, 0.05) is 28.1 Å². The molecule has 2 heterocycles. The van der Waals surface area contributed by atoms with Crippen molar-refractivity contribution in [3.8, 4) is 0 Å². The molecule has 0 aliphatic carbocycles. The zero-order chi connectivity index (χ0) is 10.3. The van der Waals surface area contributed by atoms with E-state index in [9.17, 15) is 0 Å². The number of halogens is 1. The van der Waals surface area contributed by atoms with Gasteiger partial charge in [0.25, 0.3) is 0 Å². The van der Waals surface area contributed by atoms with Crippen LogP contribution in [-0.2, 0) is 0 Å². The molecule has 0 radical (unpaired) electrons. The molecule has 1 fully saturated rings. The van der Waals surface area contributed by atoms with Crippen molar-refractivity contribution < 1.29 is 0 Å². The molecule has 78 valence electrons. The van der Waals surface area contributed by atoms with Crippen LogP contribution >= 0.6 is 15.9 Å². The Morgan fingerprint density at radius 2 is 2.27 bits per heavy atom. The van der Waals surface area contributed by atoms with Gasteiger partial charge in [0.05, 0.1) is 0 Å². The number of aromatic amines is 1. The first-order valence-electron chi connectivity index (χ1n) is 5.32. The minimum Gasteiger partial charge on any atom is -0.361 e. The van der Waals surface area contributed by atoms with Crippen LogP contribution in [-0.4, -0.2) is 18.1 Å². The first-order valence-corrected chi connectivity index (χ1v) is 6.12. The lowest BCUT2D eigenvalue weighted by Gasteiger charge is -2.07. The molecule has 1 saturated heterocycles. The SMILES string of the molecule is Brc1cccc2[nH]cc(C3CCNC3)c12. The first kappa shape index (κ1) is 9.43. The summed E-state index contributed by atoms with van der Waals surface area (Å²) >= 11 is 3.63. The predicted octanol–water partition coefficient (Wildman–Crippen LogP) is 3.01. The topological polar surface area (TPSA) is 27.8 Å². The summed E-state index contributed by atoms with van der Waals surface area (Å²) in [6, 6.07) is 6.31. The van der Waals surface area contributed by atoms with Crippen LogP contribution in [0.25, 0.3) is 10.9 Å². The van der Waals surface area contributed by atoms with Crippen molar-refractivity contribution in [1.82, 2.24) is 10.3 Å². The standard InChI is InChI=1S/C12H13BrN2/c13-10-2-1-3-11-12(10)9(7-15-11)8-4-5-14-6-8/h1-3,7-8,14-15H,4-6H2. The van der Waals surface area contributed by atoms with Gasteiger partial charge >= 0.3 is 0 Å². The van der Waals surface area contributed by atoms with Gasteiger partial charge in [-0.2, -0.15) is 0 Å². The van der Waals surface area contributed by atoms with Crippen LogP contribution in [0.15, 0.2) is 28.9 Å². The minimum absolute atomic E-state index is 0.664. The summed E-state index contributed by atoms with van der Waals surface area (Å²) in [7, 11) is 0. The van der Waals surface area contributed by atoms with Crippen LogP contribution in [0.3, 0.4) is 0 Å². The molecule has 1 aromatic carbocycles. The lowest BCUT2D eigenvalue weighted by Crippen LogP contribution is -2.07. The molecule has 1 aliphatic heterocycles. The summed E-state index contributed by atoms with van der Waals surface area (Å²) < 4.78 is 1.20. The molecule has 2 aromatic rings. The number of rotatable bonds is 1. The van der Waals surface area contributed by atoms with Gasteiger partial charge in [0.1, 0.15) is 0 Å². The summed E-state index contributed by atoms with van der Waals surface area (Å²) in [5, 5.41) is 4.77. The average molecular weight is 265 g/mol. The van der Waals surface area contributed by atoms with E-state index in [2.05, 4.69) is 50.6 Å². The van der Waals surface area contributed by atoms with Gasteiger partial charge in [0.2, 0.25) is 0 Å². The lowest BCUT2D eigenvalue weighted by molar-refractivity contribution is 0.769. The summed E-state index contributed by atoms with van der Waals surface area (Å²) in [5.74, 6) is 0.664. The quantitative estimate of drug-likeness (QED) is 0.815. The fourth-order valence-corrected chi connectivity index (χ4v) is 3.00. The van der Waals surface area contributed by atoms with E-state index < -0.39 is 0 Å². The normalized spacial score (nSPS) is 21.3. The van der Waals surface area contributed by atoms with Gasteiger partial charge in [-0.15, -0.1) is 0 Å². The Labute approximate surface area is 97.2 Å². The average Bonchev–Trinajstić information content (AvgIpc) is 2.85. The van der Waals surface area contributed by atoms with E-state index in [1.54, 1.807) is 0 Å². The summed E-state index contributed by atoms with van der Waals surface area (Å²) in [5.41, 5.74) is 2.67. The second kappa shape index (κ2) is 3.65. The second-order valence-electron chi connectivity index (χ2n) is 4.10. The van der Waals surface area contributed by atoms with E-state index in [1.165, 1.54) is 27.4 Å². The Balaban J connectivity index is 2.18. The highest BCUT2D eigenvalue weighted by Crippen LogP contribution is 2.33. The van der Waals surface area contributed by atoms with Crippen LogP contribution in [0.2, 0.25) is 0 Å². The van der Waals surface area contributed by atoms with E-state index in [-0.39, 0.29) is 0 Å². The lowest BCUT2D eigenvalue weighted by atomic mass is 9.98. The fourth-order valence-electron chi connectivity index (χ4n) is 2.41. The van der Waals surface area contributed by atoms with Crippen molar-refractivity contribution in [3.05, 3.63) is 34.4 Å². The fraction of sp³-hybridized carbons (Fsp3) is 0.333. The van der Waals surface area contributed by atoms with Crippen LogP contribution in [0.4, 0.5) is 0 Å². The van der Waals surface area contributed by atoms with Crippen LogP contribution in [0.5, 0.6) is 0 Å². The molecule has 0 bridgehead atoms. The highest BCUT2D eigenvalue weighted by atomic mass is 79.9.